The van der Waals surface area contributed by atoms with Gasteiger partial charge in [-0.2, -0.15) is 0 Å². The standard InChI is InChI=1S/C10H22N2O2/c1-8(2)5-12-9(13)6-14-10(3,4)7-11/h8H,5-7,11H2,1-4H3,(H,12,13). The van der Waals surface area contributed by atoms with E-state index in [1.54, 1.807) is 0 Å². The average molecular weight is 202 g/mol. The molecule has 0 aromatic rings. The number of carbonyl (C=O) groups is 1. The first-order valence-electron chi connectivity index (χ1n) is 4.98. The fourth-order valence-corrected chi connectivity index (χ4v) is 0.689. The van der Waals surface area contributed by atoms with Gasteiger partial charge in [0.1, 0.15) is 6.61 Å². The molecule has 0 bridgehead atoms. The van der Waals surface area contributed by atoms with Crippen molar-refractivity contribution in [3.05, 3.63) is 0 Å². The number of amides is 1. The normalized spacial score (nSPS) is 11.9. The van der Waals surface area contributed by atoms with E-state index in [-0.39, 0.29) is 12.5 Å². The minimum absolute atomic E-state index is 0.0803. The topological polar surface area (TPSA) is 64.3 Å². The van der Waals surface area contributed by atoms with E-state index in [9.17, 15) is 4.79 Å². The van der Waals surface area contributed by atoms with Crippen molar-refractivity contribution in [2.75, 3.05) is 19.7 Å². The minimum atomic E-state index is -0.421. The molecule has 3 N–H and O–H groups in total. The van der Waals surface area contributed by atoms with Crippen LogP contribution in [0.2, 0.25) is 0 Å². The molecule has 0 spiro atoms. The summed E-state index contributed by atoms with van der Waals surface area (Å²) in [5, 5.41) is 2.77. The van der Waals surface area contributed by atoms with Crippen LogP contribution in [0.15, 0.2) is 0 Å². The first kappa shape index (κ1) is 13.4. The van der Waals surface area contributed by atoms with Crippen molar-refractivity contribution < 1.29 is 9.53 Å². The van der Waals surface area contributed by atoms with E-state index >= 15 is 0 Å². The van der Waals surface area contributed by atoms with Crippen molar-refractivity contribution in [1.82, 2.24) is 5.32 Å². The lowest BCUT2D eigenvalue weighted by molar-refractivity contribution is -0.131. The van der Waals surface area contributed by atoms with Crippen LogP contribution in [0, 0.1) is 5.92 Å². The highest BCUT2D eigenvalue weighted by Gasteiger charge is 2.17. The van der Waals surface area contributed by atoms with Crippen molar-refractivity contribution in [1.29, 1.82) is 0 Å². The molecule has 0 saturated carbocycles. The highest BCUT2D eigenvalue weighted by atomic mass is 16.5. The average Bonchev–Trinajstić information content (AvgIpc) is 2.11. The maximum absolute atomic E-state index is 11.2. The largest absolute Gasteiger partial charge is 0.364 e. The molecule has 14 heavy (non-hydrogen) atoms. The number of hydrogen-bond donors (Lipinski definition) is 2. The van der Waals surface area contributed by atoms with Crippen LogP contribution >= 0.6 is 0 Å². The van der Waals surface area contributed by atoms with E-state index in [2.05, 4.69) is 5.32 Å². The Kier molecular flexibility index (Phi) is 5.72. The van der Waals surface area contributed by atoms with E-state index in [0.717, 1.165) is 0 Å². The van der Waals surface area contributed by atoms with E-state index in [1.165, 1.54) is 0 Å². The van der Waals surface area contributed by atoms with Gasteiger partial charge in [-0.1, -0.05) is 13.8 Å². The van der Waals surface area contributed by atoms with E-state index in [4.69, 9.17) is 10.5 Å². The van der Waals surface area contributed by atoms with Crippen LogP contribution < -0.4 is 11.1 Å². The Morgan fingerprint density at radius 3 is 2.50 bits per heavy atom. The fraction of sp³-hybridized carbons (Fsp3) is 0.900. The first-order chi connectivity index (χ1) is 6.37. The quantitative estimate of drug-likeness (QED) is 0.659. The SMILES string of the molecule is CC(C)CNC(=O)COC(C)(C)CN. The third kappa shape index (κ3) is 6.86. The zero-order valence-electron chi connectivity index (χ0n) is 9.59. The van der Waals surface area contributed by atoms with Gasteiger partial charge in [0.25, 0.3) is 0 Å². The molecule has 0 aromatic carbocycles. The van der Waals surface area contributed by atoms with Crippen LogP contribution in [0.25, 0.3) is 0 Å². The van der Waals surface area contributed by atoms with Gasteiger partial charge in [-0.3, -0.25) is 4.79 Å². The Balaban J connectivity index is 3.64. The van der Waals surface area contributed by atoms with E-state index < -0.39 is 5.60 Å². The van der Waals surface area contributed by atoms with Crippen molar-refractivity contribution in [3.63, 3.8) is 0 Å². The molecule has 0 rings (SSSR count). The maximum Gasteiger partial charge on any atom is 0.246 e. The van der Waals surface area contributed by atoms with Gasteiger partial charge >= 0.3 is 0 Å². The molecule has 0 aliphatic carbocycles. The molecule has 0 radical (unpaired) electrons. The molecule has 0 aliphatic heterocycles. The van der Waals surface area contributed by atoms with Crippen LogP contribution in [0.1, 0.15) is 27.7 Å². The van der Waals surface area contributed by atoms with Crippen LogP contribution in [0.5, 0.6) is 0 Å². The van der Waals surface area contributed by atoms with Crippen molar-refractivity contribution in [2.45, 2.75) is 33.3 Å². The summed E-state index contributed by atoms with van der Waals surface area (Å²) >= 11 is 0. The summed E-state index contributed by atoms with van der Waals surface area (Å²) < 4.78 is 5.34. The highest BCUT2D eigenvalue weighted by Crippen LogP contribution is 2.05. The highest BCUT2D eigenvalue weighted by molar-refractivity contribution is 5.77. The molecular weight excluding hydrogens is 180 g/mol. The van der Waals surface area contributed by atoms with Gasteiger partial charge in [-0.05, 0) is 19.8 Å². The monoisotopic (exact) mass is 202 g/mol. The summed E-state index contributed by atoms with van der Waals surface area (Å²) in [6.45, 7) is 8.99. The van der Waals surface area contributed by atoms with Crippen LogP contribution in [-0.4, -0.2) is 31.2 Å². The fourth-order valence-electron chi connectivity index (χ4n) is 0.689. The van der Waals surface area contributed by atoms with Gasteiger partial charge in [0.05, 0.1) is 5.60 Å². The molecule has 84 valence electrons. The number of ether oxygens (including phenoxy) is 1. The second-order valence-corrected chi connectivity index (χ2v) is 4.45. The molecule has 0 unspecified atom stereocenters. The van der Waals surface area contributed by atoms with Crippen LogP contribution in [-0.2, 0) is 9.53 Å². The predicted molar refractivity (Wildman–Crippen MR) is 56.9 cm³/mol. The number of hydrogen-bond acceptors (Lipinski definition) is 3. The minimum Gasteiger partial charge on any atom is -0.364 e. The van der Waals surface area contributed by atoms with Crippen molar-refractivity contribution >= 4 is 5.91 Å². The lowest BCUT2D eigenvalue weighted by Crippen LogP contribution is -2.39. The summed E-state index contributed by atoms with van der Waals surface area (Å²) in [5.41, 5.74) is 5.04. The zero-order chi connectivity index (χ0) is 11.2. The van der Waals surface area contributed by atoms with E-state index in [1.807, 2.05) is 27.7 Å². The number of nitrogens with one attached hydrogen (secondary N) is 1. The molecule has 0 fully saturated rings. The predicted octanol–water partition coefficient (Wildman–Crippen LogP) is 0.513. The maximum atomic E-state index is 11.2. The summed E-state index contributed by atoms with van der Waals surface area (Å²) in [7, 11) is 0. The molecule has 0 saturated heterocycles. The summed E-state index contributed by atoms with van der Waals surface area (Å²) in [6.07, 6.45) is 0. The Morgan fingerprint density at radius 2 is 2.07 bits per heavy atom. The Labute approximate surface area is 86.2 Å². The van der Waals surface area contributed by atoms with Gasteiger partial charge < -0.3 is 15.8 Å². The molecule has 0 aliphatic rings. The third-order valence-electron chi connectivity index (χ3n) is 1.79. The molecule has 0 aromatic heterocycles. The van der Waals surface area contributed by atoms with Gasteiger partial charge in [0.15, 0.2) is 0 Å². The Morgan fingerprint density at radius 1 is 1.50 bits per heavy atom. The van der Waals surface area contributed by atoms with Crippen LogP contribution in [0.3, 0.4) is 0 Å². The van der Waals surface area contributed by atoms with Gasteiger partial charge in [0.2, 0.25) is 5.91 Å². The van der Waals surface area contributed by atoms with Crippen molar-refractivity contribution in [3.8, 4) is 0 Å². The number of nitrogens with two attached hydrogens (primary N) is 1. The van der Waals surface area contributed by atoms with E-state index in [0.29, 0.717) is 19.0 Å². The molecule has 0 heterocycles. The lowest BCUT2D eigenvalue weighted by Gasteiger charge is -2.22. The number of rotatable bonds is 6. The lowest BCUT2D eigenvalue weighted by atomic mass is 10.1. The van der Waals surface area contributed by atoms with Gasteiger partial charge in [-0.15, -0.1) is 0 Å². The summed E-state index contributed by atoms with van der Waals surface area (Å²) in [5.74, 6) is 0.377. The number of carbonyl (C=O) groups excluding carboxylic acids is 1. The molecule has 1 amide bonds. The molecule has 4 nitrogen and oxygen atoms in total. The molecular formula is C10H22N2O2. The van der Waals surface area contributed by atoms with Gasteiger partial charge in [0, 0.05) is 13.1 Å². The zero-order valence-corrected chi connectivity index (χ0v) is 9.59. The smallest absolute Gasteiger partial charge is 0.246 e. The van der Waals surface area contributed by atoms with Crippen LogP contribution in [0.4, 0.5) is 0 Å². The molecule has 4 heteroatoms. The Bertz CT molecular complexity index is 179. The van der Waals surface area contributed by atoms with Gasteiger partial charge in [-0.25, -0.2) is 0 Å². The second kappa shape index (κ2) is 5.98. The van der Waals surface area contributed by atoms with Crippen molar-refractivity contribution in [2.24, 2.45) is 11.7 Å². The molecule has 0 atom stereocenters. The summed E-state index contributed by atoms with van der Waals surface area (Å²) in [6, 6.07) is 0. The third-order valence-corrected chi connectivity index (χ3v) is 1.79. The Hall–Kier alpha value is -0.610. The first-order valence-corrected chi connectivity index (χ1v) is 4.98. The summed E-state index contributed by atoms with van der Waals surface area (Å²) in [4.78, 5) is 11.2. The second-order valence-electron chi connectivity index (χ2n) is 4.45.